The van der Waals surface area contributed by atoms with Gasteiger partial charge in [-0.05, 0) is 30.3 Å². The Hall–Kier alpha value is -2.68. The average Bonchev–Trinajstić information content (AvgIpc) is 3.01. The van der Waals surface area contributed by atoms with Crippen LogP contribution in [0.3, 0.4) is 0 Å². The number of carbonyl (C=O) groups excluding carboxylic acids is 1. The Labute approximate surface area is 171 Å². The third-order valence-electron chi connectivity index (χ3n) is 4.39. The molecule has 0 saturated carbocycles. The number of phosphoric ester groups is 1. The normalized spacial score (nSPS) is 23.7. The standard InChI is InChI=1S/C18H18N3O8P/c19-8-11-3-5-13(6-4-11)20-17(24)12-2-1-7-21(9-12)18-16(23)15(22)14(29-18)10-28-30(25,26)27/h1-7,9,14-16,18,22-23H,10H2,(H2-,20,24,25,26,27)/p+1/t14?,15-,16-,18?/m1/s1. The first kappa shape index (κ1) is 22.0. The van der Waals surface area contributed by atoms with Gasteiger partial charge in [-0.15, -0.1) is 0 Å². The predicted molar refractivity (Wildman–Crippen MR) is 99.7 cm³/mol. The zero-order valence-corrected chi connectivity index (χ0v) is 16.3. The maximum Gasteiger partial charge on any atom is 0.469 e. The van der Waals surface area contributed by atoms with E-state index in [0.29, 0.717) is 11.3 Å². The molecule has 0 aliphatic carbocycles. The van der Waals surface area contributed by atoms with Crippen LogP contribution in [-0.2, 0) is 13.8 Å². The largest absolute Gasteiger partial charge is 0.469 e. The zero-order valence-electron chi connectivity index (χ0n) is 15.4. The fraction of sp³-hybridized carbons (Fsp3) is 0.278. The Bertz CT molecular complexity index is 1000. The van der Waals surface area contributed by atoms with Crippen molar-refractivity contribution in [2.24, 2.45) is 0 Å². The van der Waals surface area contributed by atoms with E-state index in [4.69, 9.17) is 19.8 Å². The average molecular weight is 436 g/mol. The quantitative estimate of drug-likeness (QED) is 0.304. The molecule has 1 aromatic carbocycles. The molecule has 2 unspecified atom stereocenters. The van der Waals surface area contributed by atoms with Crippen LogP contribution >= 0.6 is 7.82 Å². The Morgan fingerprint density at radius 2 is 1.93 bits per heavy atom. The molecule has 0 spiro atoms. The second kappa shape index (κ2) is 8.99. The van der Waals surface area contributed by atoms with E-state index in [1.165, 1.54) is 29.1 Å². The summed E-state index contributed by atoms with van der Waals surface area (Å²) in [5.74, 6) is -0.455. The number of anilines is 1. The van der Waals surface area contributed by atoms with Gasteiger partial charge in [0.1, 0.15) is 17.8 Å². The first-order valence-corrected chi connectivity index (χ1v) is 10.2. The van der Waals surface area contributed by atoms with Gasteiger partial charge in [-0.2, -0.15) is 9.83 Å². The molecule has 3 rings (SSSR count). The van der Waals surface area contributed by atoms with Gasteiger partial charge in [0, 0.05) is 11.8 Å². The van der Waals surface area contributed by atoms with E-state index >= 15 is 0 Å². The minimum Gasteiger partial charge on any atom is -0.387 e. The van der Waals surface area contributed by atoms with E-state index in [0.717, 1.165) is 0 Å². The van der Waals surface area contributed by atoms with Gasteiger partial charge >= 0.3 is 7.82 Å². The highest BCUT2D eigenvalue weighted by molar-refractivity contribution is 7.46. The van der Waals surface area contributed by atoms with Gasteiger partial charge in [-0.1, -0.05) is 0 Å². The lowest BCUT2D eigenvalue weighted by atomic mass is 10.1. The number of nitrogens with zero attached hydrogens (tertiary/aromatic N) is 2. The van der Waals surface area contributed by atoms with Gasteiger partial charge in [0.2, 0.25) is 0 Å². The van der Waals surface area contributed by atoms with Crippen LogP contribution in [0.25, 0.3) is 0 Å². The van der Waals surface area contributed by atoms with Crippen molar-refractivity contribution in [3.63, 3.8) is 0 Å². The Morgan fingerprint density at radius 3 is 2.57 bits per heavy atom. The van der Waals surface area contributed by atoms with E-state index in [9.17, 15) is 19.6 Å². The van der Waals surface area contributed by atoms with E-state index in [2.05, 4.69) is 9.84 Å². The van der Waals surface area contributed by atoms with Crippen LogP contribution in [-0.4, -0.2) is 50.8 Å². The number of ether oxygens (including phenoxy) is 1. The molecule has 1 saturated heterocycles. The van der Waals surface area contributed by atoms with Crippen LogP contribution in [0.1, 0.15) is 22.1 Å². The number of aliphatic hydroxyl groups excluding tert-OH is 2. The molecule has 1 aliphatic heterocycles. The van der Waals surface area contributed by atoms with Crippen LogP contribution in [0.2, 0.25) is 0 Å². The van der Waals surface area contributed by atoms with Gasteiger partial charge in [-0.3, -0.25) is 9.32 Å². The highest BCUT2D eigenvalue weighted by atomic mass is 31.2. The summed E-state index contributed by atoms with van der Waals surface area (Å²) < 4.78 is 22.0. The molecule has 0 bridgehead atoms. The molecule has 0 radical (unpaired) electrons. The third kappa shape index (κ3) is 5.27. The van der Waals surface area contributed by atoms with Crippen molar-refractivity contribution < 1.29 is 43.2 Å². The number of amides is 1. The molecule has 5 N–H and O–H groups in total. The number of nitriles is 1. The van der Waals surface area contributed by atoms with E-state index in [1.807, 2.05) is 6.07 Å². The maximum absolute atomic E-state index is 12.5. The molecule has 158 valence electrons. The lowest BCUT2D eigenvalue weighted by molar-refractivity contribution is -0.765. The fourth-order valence-electron chi connectivity index (χ4n) is 2.90. The highest BCUT2D eigenvalue weighted by Crippen LogP contribution is 2.37. The number of hydrogen-bond acceptors (Lipinski definition) is 7. The van der Waals surface area contributed by atoms with Gasteiger partial charge in [0.05, 0.1) is 18.2 Å². The zero-order chi connectivity index (χ0) is 21.9. The van der Waals surface area contributed by atoms with Crippen LogP contribution in [0, 0.1) is 11.3 Å². The van der Waals surface area contributed by atoms with Crippen molar-refractivity contribution in [3.8, 4) is 6.07 Å². The minimum atomic E-state index is -4.77. The van der Waals surface area contributed by atoms with Crippen molar-refractivity contribution >= 4 is 19.4 Å². The molecular weight excluding hydrogens is 417 g/mol. The van der Waals surface area contributed by atoms with Crippen molar-refractivity contribution in [2.45, 2.75) is 24.5 Å². The van der Waals surface area contributed by atoms with E-state index in [-0.39, 0.29) is 5.56 Å². The summed E-state index contributed by atoms with van der Waals surface area (Å²) in [6, 6.07) is 11.3. The lowest BCUT2D eigenvalue weighted by Gasteiger charge is -2.13. The molecular formula is C18H19N3O8P+. The Balaban J connectivity index is 1.71. The summed E-state index contributed by atoms with van der Waals surface area (Å²) in [4.78, 5) is 30.1. The maximum atomic E-state index is 12.5. The Kier molecular flexibility index (Phi) is 6.60. The predicted octanol–water partition coefficient (Wildman–Crippen LogP) is -0.173. The second-order valence-electron chi connectivity index (χ2n) is 6.52. The smallest absolute Gasteiger partial charge is 0.387 e. The molecule has 2 aromatic rings. The van der Waals surface area contributed by atoms with Gasteiger partial charge in [-0.25, -0.2) is 4.57 Å². The molecule has 1 amide bonds. The monoisotopic (exact) mass is 436 g/mol. The summed E-state index contributed by atoms with van der Waals surface area (Å²) in [7, 11) is -4.77. The number of aliphatic hydroxyl groups is 2. The number of phosphoric acid groups is 1. The van der Waals surface area contributed by atoms with Crippen molar-refractivity contribution in [1.29, 1.82) is 5.26 Å². The summed E-state index contributed by atoms with van der Waals surface area (Å²) in [5.41, 5.74) is 1.16. The SMILES string of the molecule is N#Cc1ccc(NC(=O)c2ccc[n+](C3OC(COP(=O)(O)O)[C@@H](O)[C@H]3O)c2)cc1. The minimum absolute atomic E-state index is 0.224. The van der Waals surface area contributed by atoms with E-state index < -0.39 is 44.9 Å². The number of carbonyl (C=O) groups is 1. The number of aromatic nitrogens is 1. The van der Waals surface area contributed by atoms with Crippen LogP contribution in [0.4, 0.5) is 5.69 Å². The summed E-state index contributed by atoms with van der Waals surface area (Å²) >= 11 is 0. The number of hydrogen-bond donors (Lipinski definition) is 5. The molecule has 11 nitrogen and oxygen atoms in total. The van der Waals surface area contributed by atoms with Crippen molar-refractivity contribution in [2.75, 3.05) is 11.9 Å². The summed E-state index contributed by atoms with van der Waals surface area (Å²) in [6.45, 7) is -0.627. The lowest BCUT2D eigenvalue weighted by Crippen LogP contribution is -2.46. The van der Waals surface area contributed by atoms with Crippen LogP contribution < -0.4 is 9.88 Å². The van der Waals surface area contributed by atoms with Crippen molar-refractivity contribution in [3.05, 3.63) is 59.9 Å². The molecule has 1 aromatic heterocycles. The molecule has 2 heterocycles. The third-order valence-corrected chi connectivity index (χ3v) is 4.88. The fourth-order valence-corrected chi connectivity index (χ4v) is 3.24. The number of rotatable bonds is 6. The molecule has 30 heavy (non-hydrogen) atoms. The topological polar surface area (TPSA) is 173 Å². The first-order chi connectivity index (χ1) is 14.2. The van der Waals surface area contributed by atoms with Gasteiger partial charge < -0.3 is 30.1 Å². The van der Waals surface area contributed by atoms with Crippen molar-refractivity contribution in [1.82, 2.24) is 0 Å². The molecule has 1 fully saturated rings. The first-order valence-electron chi connectivity index (χ1n) is 8.72. The molecule has 12 heteroatoms. The van der Waals surface area contributed by atoms with Crippen LogP contribution in [0.15, 0.2) is 48.8 Å². The summed E-state index contributed by atoms with van der Waals surface area (Å²) in [6.07, 6.45) is -2.26. The Morgan fingerprint density at radius 1 is 1.23 bits per heavy atom. The van der Waals surface area contributed by atoms with Crippen LogP contribution in [0.5, 0.6) is 0 Å². The van der Waals surface area contributed by atoms with E-state index in [1.54, 1.807) is 24.3 Å². The molecule has 4 atom stereocenters. The highest BCUT2D eigenvalue weighted by Gasteiger charge is 2.49. The number of benzene rings is 1. The molecule has 1 aliphatic rings. The van der Waals surface area contributed by atoms with Gasteiger partial charge in [0.15, 0.2) is 18.5 Å². The number of pyridine rings is 1. The number of nitrogens with one attached hydrogen (secondary N) is 1. The van der Waals surface area contributed by atoms with Gasteiger partial charge in [0.25, 0.3) is 12.1 Å². The second-order valence-corrected chi connectivity index (χ2v) is 7.76. The summed E-state index contributed by atoms with van der Waals surface area (Å²) in [5, 5.41) is 31.8.